The van der Waals surface area contributed by atoms with Crippen molar-refractivity contribution in [2.24, 2.45) is 0 Å². The number of unbranched alkanes of at least 4 members (excludes halogenated alkanes) is 4. The first-order chi connectivity index (χ1) is 21.8. The number of nitrogens with one attached hydrogen (secondary N) is 2. The number of hydrogen-bond donors (Lipinski definition) is 3. The van der Waals surface area contributed by atoms with Gasteiger partial charge in [-0.05, 0) is 87.9 Å². The van der Waals surface area contributed by atoms with Gasteiger partial charge >= 0.3 is 6.09 Å². The number of carbonyl (C=O) groups excluding carboxylic acids is 3. The van der Waals surface area contributed by atoms with Crippen LogP contribution in [0.15, 0.2) is 66.7 Å². The number of phenolic OH excluding ortho intramolecular Hbond substituents is 1. The Morgan fingerprint density at radius 3 is 2.11 bits per heavy atom. The van der Waals surface area contributed by atoms with Gasteiger partial charge in [0.05, 0.1) is 0 Å². The van der Waals surface area contributed by atoms with Gasteiger partial charge in [0.1, 0.15) is 23.4 Å². The van der Waals surface area contributed by atoms with Crippen LogP contribution < -0.4 is 10.6 Å². The summed E-state index contributed by atoms with van der Waals surface area (Å²) in [5.41, 5.74) is 3.75. The summed E-state index contributed by atoms with van der Waals surface area (Å²) in [5.74, 6) is -0.665. The molecule has 0 aliphatic carbocycles. The van der Waals surface area contributed by atoms with E-state index in [0.29, 0.717) is 29.8 Å². The van der Waals surface area contributed by atoms with E-state index in [1.807, 2.05) is 62.4 Å². The lowest BCUT2D eigenvalue weighted by atomic mass is 9.97. The first kappa shape index (κ1) is 36.1. The highest BCUT2D eigenvalue weighted by Gasteiger charge is 2.36. The highest BCUT2D eigenvalue weighted by molar-refractivity contribution is 6.00. The molecule has 0 saturated carbocycles. The van der Waals surface area contributed by atoms with Crippen molar-refractivity contribution in [3.63, 3.8) is 0 Å². The molecule has 0 bridgehead atoms. The fourth-order valence-electron chi connectivity index (χ4n) is 5.48. The Labute approximate surface area is 274 Å². The molecular weight excluding hydrogens is 578 g/mol. The molecule has 46 heavy (non-hydrogen) atoms. The van der Waals surface area contributed by atoms with Gasteiger partial charge in [-0.3, -0.25) is 9.59 Å². The lowest BCUT2D eigenvalue weighted by Gasteiger charge is -2.35. The largest absolute Gasteiger partial charge is 0.508 e. The van der Waals surface area contributed by atoms with Gasteiger partial charge in [-0.25, -0.2) is 4.79 Å². The second kappa shape index (κ2) is 16.8. The third kappa shape index (κ3) is 10.6. The van der Waals surface area contributed by atoms with Crippen molar-refractivity contribution in [3.8, 4) is 5.75 Å². The zero-order valence-corrected chi connectivity index (χ0v) is 28.5. The topological polar surface area (TPSA) is 108 Å². The van der Waals surface area contributed by atoms with Crippen molar-refractivity contribution in [3.05, 3.63) is 94.5 Å². The molecule has 0 saturated heterocycles. The lowest BCUT2D eigenvalue weighted by Crippen LogP contribution is -2.53. The van der Waals surface area contributed by atoms with Crippen molar-refractivity contribution in [2.45, 2.75) is 105 Å². The fourth-order valence-corrected chi connectivity index (χ4v) is 5.48. The molecule has 3 N–H and O–H groups in total. The quantitative estimate of drug-likeness (QED) is 0.157. The van der Waals surface area contributed by atoms with Crippen LogP contribution in [0.5, 0.6) is 5.75 Å². The Kier molecular flexibility index (Phi) is 13.2. The van der Waals surface area contributed by atoms with Crippen LogP contribution in [0, 0.1) is 20.8 Å². The standard InChI is InChI=1S/C38H51N3O5/c1-8-9-10-11-15-23-41(36(44)31(25-29-19-13-12-14-20-29)39-37(45)46-38(5,6)7)34(30-21-22-32(42)28(4)24-30)35(43)40-33-26(2)17-16-18-27(33)3/h12-14,16-22,24,31,34,42H,8-11,15,23,25H2,1-7H3,(H,39,45)(H,40,43). The molecule has 0 heterocycles. The molecular formula is C38H51N3O5. The Morgan fingerprint density at radius 2 is 1.50 bits per heavy atom. The molecule has 0 spiro atoms. The van der Waals surface area contributed by atoms with Crippen LogP contribution in [0.25, 0.3) is 0 Å². The minimum Gasteiger partial charge on any atom is -0.508 e. The molecule has 248 valence electrons. The van der Waals surface area contributed by atoms with E-state index in [0.717, 1.165) is 42.4 Å². The first-order valence-corrected chi connectivity index (χ1v) is 16.3. The molecule has 2 atom stereocenters. The summed E-state index contributed by atoms with van der Waals surface area (Å²) in [6.07, 6.45) is 4.25. The number of para-hydroxylation sites is 1. The number of rotatable bonds is 14. The maximum Gasteiger partial charge on any atom is 0.408 e. The van der Waals surface area contributed by atoms with Crippen LogP contribution in [0.4, 0.5) is 10.5 Å². The van der Waals surface area contributed by atoms with E-state index < -0.39 is 29.7 Å². The number of aryl methyl sites for hydroxylation is 3. The Balaban J connectivity index is 2.11. The van der Waals surface area contributed by atoms with Crippen LogP contribution in [-0.4, -0.2) is 46.1 Å². The van der Waals surface area contributed by atoms with Crippen molar-refractivity contribution in [1.82, 2.24) is 10.2 Å². The summed E-state index contributed by atoms with van der Waals surface area (Å²) >= 11 is 0. The van der Waals surface area contributed by atoms with Gasteiger partial charge in [-0.1, -0.05) is 87.2 Å². The summed E-state index contributed by atoms with van der Waals surface area (Å²) in [6, 6.07) is 18.2. The molecule has 3 amide bonds. The Bertz CT molecular complexity index is 1440. The Hall–Kier alpha value is -4.33. The molecule has 3 aromatic carbocycles. The fraction of sp³-hybridized carbons (Fsp3) is 0.447. The minimum atomic E-state index is -1.03. The van der Waals surface area contributed by atoms with Crippen LogP contribution in [0.3, 0.4) is 0 Å². The Morgan fingerprint density at radius 1 is 0.848 bits per heavy atom. The second-order valence-corrected chi connectivity index (χ2v) is 13.0. The average Bonchev–Trinajstić information content (AvgIpc) is 2.99. The molecule has 8 heteroatoms. The zero-order valence-electron chi connectivity index (χ0n) is 28.5. The number of anilines is 1. The smallest absolute Gasteiger partial charge is 0.408 e. The van der Waals surface area contributed by atoms with E-state index in [2.05, 4.69) is 17.6 Å². The first-order valence-electron chi connectivity index (χ1n) is 16.3. The summed E-state index contributed by atoms with van der Waals surface area (Å²) in [4.78, 5) is 43.8. The van der Waals surface area contributed by atoms with E-state index >= 15 is 0 Å². The highest BCUT2D eigenvalue weighted by Crippen LogP contribution is 2.30. The summed E-state index contributed by atoms with van der Waals surface area (Å²) < 4.78 is 5.56. The van der Waals surface area contributed by atoms with Gasteiger partial charge in [-0.15, -0.1) is 0 Å². The van der Waals surface area contributed by atoms with Crippen molar-refractivity contribution in [1.29, 1.82) is 0 Å². The number of alkyl carbamates (subject to hydrolysis) is 1. The molecule has 0 aromatic heterocycles. The molecule has 0 radical (unpaired) electrons. The van der Waals surface area contributed by atoms with E-state index in [-0.39, 0.29) is 18.1 Å². The zero-order chi connectivity index (χ0) is 33.9. The van der Waals surface area contributed by atoms with Crippen molar-refractivity contribution >= 4 is 23.6 Å². The molecule has 0 aliphatic heterocycles. The third-order valence-corrected chi connectivity index (χ3v) is 7.88. The van der Waals surface area contributed by atoms with Gasteiger partial charge in [0.15, 0.2) is 0 Å². The van der Waals surface area contributed by atoms with Gasteiger partial charge in [0, 0.05) is 18.7 Å². The van der Waals surface area contributed by atoms with Gasteiger partial charge in [0.25, 0.3) is 5.91 Å². The number of ether oxygens (including phenoxy) is 1. The second-order valence-electron chi connectivity index (χ2n) is 13.0. The van der Waals surface area contributed by atoms with Crippen LogP contribution in [0.2, 0.25) is 0 Å². The molecule has 3 rings (SSSR count). The van der Waals surface area contributed by atoms with Crippen LogP contribution in [0.1, 0.15) is 93.7 Å². The monoisotopic (exact) mass is 629 g/mol. The summed E-state index contributed by atoms with van der Waals surface area (Å²) in [7, 11) is 0. The SMILES string of the molecule is CCCCCCCN(C(=O)C(Cc1ccccc1)NC(=O)OC(C)(C)C)C(C(=O)Nc1c(C)cccc1C)c1ccc(O)c(C)c1. The summed E-state index contributed by atoms with van der Waals surface area (Å²) in [5, 5.41) is 16.3. The van der Waals surface area contributed by atoms with E-state index in [9.17, 15) is 19.5 Å². The molecule has 8 nitrogen and oxygen atoms in total. The molecule has 0 aliphatic rings. The molecule has 3 aromatic rings. The summed E-state index contributed by atoms with van der Waals surface area (Å²) in [6.45, 7) is 13.4. The number of benzene rings is 3. The van der Waals surface area contributed by atoms with Crippen molar-refractivity contribution < 1.29 is 24.2 Å². The number of carbonyl (C=O) groups is 3. The molecule has 0 fully saturated rings. The van der Waals surface area contributed by atoms with Gasteiger partial charge in [-0.2, -0.15) is 0 Å². The number of hydrogen-bond acceptors (Lipinski definition) is 5. The van der Waals surface area contributed by atoms with E-state index in [1.165, 1.54) is 0 Å². The number of nitrogens with zero attached hydrogens (tertiary/aromatic N) is 1. The maximum absolute atomic E-state index is 14.8. The minimum absolute atomic E-state index is 0.101. The van der Waals surface area contributed by atoms with E-state index in [1.54, 1.807) is 50.8 Å². The number of aromatic hydroxyl groups is 1. The number of amides is 3. The number of phenols is 1. The molecule has 2 unspecified atom stereocenters. The van der Waals surface area contributed by atoms with Crippen molar-refractivity contribution in [2.75, 3.05) is 11.9 Å². The van der Waals surface area contributed by atoms with Crippen LogP contribution in [-0.2, 0) is 20.7 Å². The lowest BCUT2D eigenvalue weighted by molar-refractivity contribution is -0.140. The predicted octanol–water partition coefficient (Wildman–Crippen LogP) is 7.93. The van der Waals surface area contributed by atoms with Gasteiger partial charge < -0.3 is 25.4 Å². The third-order valence-electron chi connectivity index (χ3n) is 7.88. The van der Waals surface area contributed by atoms with Gasteiger partial charge in [0.2, 0.25) is 5.91 Å². The van der Waals surface area contributed by atoms with Crippen LogP contribution >= 0.6 is 0 Å². The average molecular weight is 630 g/mol. The maximum atomic E-state index is 14.8. The highest BCUT2D eigenvalue weighted by atomic mass is 16.6. The predicted molar refractivity (Wildman–Crippen MR) is 184 cm³/mol. The normalized spacial score (nSPS) is 12.6. The van der Waals surface area contributed by atoms with E-state index in [4.69, 9.17) is 4.74 Å².